The molecule has 3 heterocycles. The molecule has 7 aromatic carbocycles. The van der Waals surface area contributed by atoms with Crippen LogP contribution in [0.15, 0.2) is 202 Å². The number of amidine groups is 2. The van der Waals surface area contributed by atoms with Crippen LogP contribution in [0.3, 0.4) is 0 Å². The molecule has 0 fully saturated rings. The first-order chi connectivity index (χ1) is 28.5. The Hall–Kier alpha value is -6.96. The first-order valence-electron chi connectivity index (χ1n) is 19.5. The first kappa shape index (κ1) is 35.5. The summed E-state index contributed by atoms with van der Waals surface area (Å²) < 4.78 is 0. The molecule has 0 bridgehead atoms. The van der Waals surface area contributed by atoms with Crippen LogP contribution in [0.4, 0.5) is 0 Å². The third kappa shape index (κ3) is 6.69. The fraction of sp³-hybridized carbons (Fsp3) is 0.0784. The van der Waals surface area contributed by atoms with Gasteiger partial charge in [-0.15, -0.1) is 0 Å². The summed E-state index contributed by atoms with van der Waals surface area (Å²) in [6.45, 7) is 4.60. The molecular formula is C51H38N6S. The summed E-state index contributed by atoms with van der Waals surface area (Å²) >= 11 is 1.80. The second-order valence-electron chi connectivity index (χ2n) is 15.0. The van der Waals surface area contributed by atoms with Gasteiger partial charge >= 0.3 is 0 Å². The normalized spacial score (nSPS) is 15.3. The molecular weight excluding hydrogens is 729 g/mol. The molecule has 0 radical (unpaired) electrons. The number of aliphatic imine (C=N–C) groups is 2. The van der Waals surface area contributed by atoms with Gasteiger partial charge in [-0.05, 0) is 39.9 Å². The lowest BCUT2D eigenvalue weighted by Gasteiger charge is -2.35. The summed E-state index contributed by atoms with van der Waals surface area (Å²) in [5.41, 5.74) is 10.5. The maximum Gasteiger partial charge on any atom is 0.165 e. The molecule has 0 spiro atoms. The van der Waals surface area contributed by atoms with E-state index in [-0.39, 0.29) is 11.6 Å². The molecule has 0 saturated heterocycles. The molecule has 0 amide bonds. The van der Waals surface area contributed by atoms with Crippen molar-refractivity contribution in [2.75, 3.05) is 0 Å². The minimum Gasteiger partial charge on any atom is -0.344 e. The van der Waals surface area contributed by atoms with Gasteiger partial charge in [-0.25, -0.2) is 24.9 Å². The van der Waals surface area contributed by atoms with Crippen LogP contribution in [-0.4, -0.2) is 26.6 Å². The first-order valence-corrected chi connectivity index (χ1v) is 20.3. The highest BCUT2D eigenvalue weighted by molar-refractivity contribution is 7.99. The zero-order valence-electron chi connectivity index (χ0n) is 32.0. The molecule has 8 aromatic rings. The summed E-state index contributed by atoms with van der Waals surface area (Å²) in [4.78, 5) is 27.8. The van der Waals surface area contributed by atoms with Gasteiger partial charge in [0.15, 0.2) is 23.3 Å². The Morgan fingerprint density at radius 3 is 1.76 bits per heavy atom. The number of rotatable bonds is 7. The van der Waals surface area contributed by atoms with Crippen molar-refractivity contribution in [3.8, 4) is 45.3 Å². The maximum atomic E-state index is 5.18. The molecule has 10 rings (SSSR count). The standard InChI is InChI=1S/C51H38N6S/c1-51(2)41-25-12-13-27-43(41)58-44-40(24-15-26-42(44)51)50-56-47(36-20-10-5-11-21-36)53-48(57-50)37-30-28-33(29-31-37)38-22-14-23-39(32-38)49-54-45(34-16-6-3-7-17-34)52-46(55-49)35-18-8-4-9-19-35/h3-32,49H,1-2H3,(H,52,54,55). The molecule has 0 saturated carbocycles. The van der Waals surface area contributed by atoms with Crippen molar-refractivity contribution < 1.29 is 0 Å². The van der Waals surface area contributed by atoms with Crippen molar-refractivity contribution in [3.63, 3.8) is 0 Å². The third-order valence-corrected chi connectivity index (χ3v) is 12.1. The highest BCUT2D eigenvalue weighted by atomic mass is 32.2. The summed E-state index contributed by atoms with van der Waals surface area (Å²) in [5, 5.41) is 3.60. The van der Waals surface area contributed by atoms with Crippen LogP contribution < -0.4 is 5.32 Å². The van der Waals surface area contributed by atoms with E-state index in [1.165, 1.54) is 20.9 Å². The number of hydrogen-bond acceptors (Lipinski definition) is 7. The molecule has 1 N–H and O–H groups in total. The Labute approximate surface area is 342 Å². The van der Waals surface area contributed by atoms with E-state index in [9.17, 15) is 0 Å². The Balaban J connectivity index is 1.00. The SMILES string of the molecule is CC1(C)c2ccccc2Sc2c(-c3nc(-c4ccccc4)nc(-c4ccc(-c5cccc(C6N=C(c7ccccc7)N=C(c7ccccc7)N6)c5)cc4)n3)cccc21. The van der Waals surface area contributed by atoms with Crippen LogP contribution in [0.2, 0.25) is 0 Å². The largest absolute Gasteiger partial charge is 0.344 e. The van der Waals surface area contributed by atoms with E-state index in [1.54, 1.807) is 11.8 Å². The van der Waals surface area contributed by atoms with E-state index < -0.39 is 0 Å². The lowest BCUT2D eigenvalue weighted by atomic mass is 9.77. The van der Waals surface area contributed by atoms with Crippen LogP contribution in [0.25, 0.3) is 45.3 Å². The molecule has 2 aliphatic heterocycles. The van der Waals surface area contributed by atoms with Crippen LogP contribution in [0.5, 0.6) is 0 Å². The van der Waals surface area contributed by atoms with Gasteiger partial charge in [0.25, 0.3) is 0 Å². The van der Waals surface area contributed by atoms with Crippen molar-refractivity contribution >= 4 is 23.4 Å². The Kier molecular flexibility index (Phi) is 9.07. The smallest absolute Gasteiger partial charge is 0.165 e. The lowest BCUT2D eigenvalue weighted by Crippen LogP contribution is -2.33. The van der Waals surface area contributed by atoms with Gasteiger partial charge in [-0.3, -0.25) is 0 Å². The van der Waals surface area contributed by atoms with Crippen molar-refractivity contribution in [2.24, 2.45) is 9.98 Å². The van der Waals surface area contributed by atoms with E-state index in [0.717, 1.165) is 50.3 Å². The Morgan fingerprint density at radius 1 is 0.483 bits per heavy atom. The zero-order chi connectivity index (χ0) is 39.1. The van der Waals surface area contributed by atoms with E-state index in [0.29, 0.717) is 23.3 Å². The van der Waals surface area contributed by atoms with Crippen molar-refractivity contribution in [3.05, 3.63) is 210 Å². The van der Waals surface area contributed by atoms with Crippen molar-refractivity contribution in [1.29, 1.82) is 0 Å². The Morgan fingerprint density at radius 2 is 1.03 bits per heavy atom. The monoisotopic (exact) mass is 766 g/mol. The fourth-order valence-corrected chi connectivity index (χ4v) is 9.27. The number of nitrogens with one attached hydrogen (secondary N) is 1. The van der Waals surface area contributed by atoms with Crippen molar-refractivity contribution in [1.82, 2.24) is 20.3 Å². The van der Waals surface area contributed by atoms with E-state index in [4.69, 9.17) is 24.9 Å². The summed E-state index contributed by atoms with van der Waals surface area (Å²) in [6, 6.07) is 62.8. The average molecular weight is 767 g/mol. The fourth-order valence-electron chi connectivity index (χ4n) is 7.76. The predicted molar refractivity (Wildman–Crippen MR) is 236 cm³/mol. The minimum atomic E-state index is -0.317. The zero-order valence-corrected chi connectivity index (χ0v) is 32.9. The summed E-state index contributed by atoms with van der Waals surface area (Å²) in [6.07, 6.45) is -0.317. The van der Waals surface area contributed by atoms with Gasteiger partial charge in [0.05, 0.1) is 0 Å². The van der Waals surface area contributed by atoms with Gasteiger partial charge in [0.1, 0.15) is 12.0 Å². The van der Waals surface area contributed by atoms with Crippen LogP contribution in [0, 0.1) is 0 Å². The van der Waals surface area contributed by atoms with E-state index in [2.05, 4.69) is 147 Å². The van der Waals surface area contributed by atoms with E-state index >= 15 is 0 Å². The number of aromatic nitrogens is 3. The second kappa shape index (κ2) is 14.8. The van der Waals surface area contributed by atoms with Gasteiger partial charge < -0.3 is 5.32 Å². The molecule has 278 valence electrons. The van der Waals surface area contributed by atoms with E-state index in [1.807, 2.05) is 54.6 Å². The van der Waals surface area contributed by atoms with Crippen molar-refractivity contribution in [2.45, 2.75) is 35.2 Å². The Bertz CT molecular complexity index is 2850. The number of nitrogens with zero attached hydrogens (tertiary/aromatic N) is 5. The predicted octanol–water partition coefficient (Wildman–Crippen LogP) is 11.8. The minimum absolute atomic E-state index is 0.167. The quantitative estimate of drug-likeness (QED) is 0.175. The van der Waals surface area contributed by atoms with Crippen LogP contribution >= 0.6 is 11.8 Å². The summed E-state index contributed by atoms with van der Waals surface area (Å²) in [5.74, 6) is 3.43. The molecule has 1 unspecified atom stereocenters. The summed E-state index contributed by atoms with van der Waals surface area (Å²) in [7, 11) is 0. The molecule has 58 heavy (non-hydrogen) atoms. The third-order valence-electron chi connectivity index (χ3n) is 10.9. The average Bonchev–Trinajstić information content (AvgIpc) is 3.29. The van der Waals surface area contributed by atoms with Crippen LogP contribution in [0.1, 0.15) is 47.8 Å². The molecule has 7 heteroatoms. The highest BCUT2D eigenvalue weighted by Crippen LogP contribution is 2.51. The molecule has 1 atom stereocenters. The lowest BCUT2D eigenvalue weighted by molar-refractivity contribution is 0.608. The van der Waals surface area contributed by atoms with Gasteiger partial charge in [0.2, 0.25) is 0 Å². The highest BCUT2D eigenvalue weighted by Gasteiger charge is 2.34. The van der Waals surface area contributed by atoms with Gasteiger partial charge in [-0.1, -0.05) is 195 Å². The van der Waals surface area contributed by atoms with Gasteiger partial charge in [0, 0.05) is 43.0 Å². The molecule has 2 aliphatic rings. The molecule has 6 nitrogen and oxygen atoms in total. The number of hydrogen-bond donors (Lipinski definition) is 1. The molecule has 1 aromatic heterocycles. The van der Waals surface area contributed by atoms with Gasteiger partial charge in [-0.2, -0.15) is 0 Å². The topological polar surface area (TPSA) is 75.4 Å². The maximum absolute atomic E-state index is 5.18. The van der Waals surface area contributed by atoms with Crippen LogP contribution in [-0.2, 0) is 5.41 Å². The number of benzene rings is 7. The number of fused-ring (bicyclic) bond motifs is 2. The molecule has 0 aliphatic carbocycles. The second-order valence-corrected chi connectivity index (χ2v) is 16.0.